The minimum atomic E-state index is -0.182. The monoisotopic (exact) mass is 429 g/mol. The fourth-order valence-corrected chi connectivity index (χ4v) is 4.47. The lowest BCUT2D eigenvalue weighted by Gasteiger charge is -2.13. The summed E-state index contributed by atoms with van der Waals surface area (Å²) in [5.41, 5.74) is 4.24. The van der Waals surface area contributed by atoms with E-state index in [2.05, 4.69) is 36.4 Å². The Kier molecular flexibility index (Phi) is 4.62. The first-order chi connectivity index (χ1) is 14.5. The maximum absolute atomic E-state index is 13.7. The number of halogens is 2. The zero-order valence-electron chi connectivity index (χ0n) is 16.2. The van der Waals surface area contributed by atoms with Gasteiger partial charge in [0.2, 0.25) is 0 Å². The standard InChI is InChI=1S/C26H17Cl2NO/c1-16-9-12-24-18(13-16)14-25(21-8-4-6-17-5-2-3-7-20(17)21)29(24)26(30)22-11-10-19(27)15-23(22)28/h2-15H,1H3. The molecule has 1 aromatic heterocycles. The number of nitrogens with zero attached hydrogens (tertiary/aromatic N) is 1. The third-order valence-corrected chi connectivity index (χ3v) is 5.94. The molecule has 0 saturated heterocycles. The third-order valence-electron chi connectivity index (χ3n) is 5.39. The number of aryl methyl sites for hydroxylation is 1. The van der Waals surface area contributed by atoms with E-state index in [1.54, 1.807) is 22.8 Å². The first-order valence-electron chi connectivity index (χ1n) is 9.63. The van der Waals surface area contributed by atoms with Crippen LogP contribution in [0.5, 0.6) is 0 Å². The average molecular weight is 430 g/mol. The number of hydrogen-bond donors (Lipinski definition) is 0. The zero-order valence-corrected chi connectivity index (χ0v) is 17.7. The Bertz CT molecular complexity index is 1440. The molecule has 0 aliphatic rings. The van der Waals surface area contributed by atoms with Crippen molar-refractivity contribution >= 4 is 50.8 Å². The van der Waals surface area contributed by atoms with Crippen LogP contribution in [0.15, 0.2) is 84.9 Å². The summed E-state index contributed by atoms with van der Waals surface area (Å²) in [5.74, 6) is -0.182. The van der Waals surface area contributed by atoms with Crippen LogP contribution in [0.1, 0.15) is 15.9 Å². The van der Waals surface area contributed by atoms with E-state index in [-0.39, 0.29) is 5.91 Å². The summed E-state index contributed by atoms with van der Waals surface area (Å²) in [5, 5.41) is 4.07. The lowest BCUT2D eigenvalue weighted by molar-refractivity contribution is 0.0967. The lowest BCUT2D eigenvalue weighted by Crippen LogP contribution is -2.13. The van der Waals surface area contributed by atoms with Crippen molar-refractivity contribution in [2.75, 3.05) is 0 Å². The number of rotatable bonds is 2. The van der Waals surface area contributed by atoms with Gasteiger partial charge in [0, 0.05) is 16.0 Å². The fourth-order valence-electron chi connectivity index (χ4n) is 3.98. The van der Waals surface area contributed by atoms with Crippen LogP contribution in [0.25, 0.3) is 32.9 Å². The van der Waals surface area contributed by atoms with Crippen molar-refractivity contribution in [1.82, 2.24) is 4.57 Å². The molecule has 30 heavy (non-hydrogen) atoms. The van der Waals surface area contributed by atoms with E-state index in [1.165, 1.54) is 0 Å². The first kappa shape index (κ1) is 18.9. The van der Waals surface area contributed by atoms with E-state index >= 15 is 0 Å². The molecule has 0 atom stereocenters. The van der Waals surface area contributed by atoms with E-state index in [0.717, 1.165) is 38.5 Å². The van der Waals surface area contributed by atoms with Gasteiger partial charge in [-0.25, -0.2) is 0 Å². The van der Waals surface area contributed by atoms with E-state index in [1.807, 2.05) is 37.3 Å². The second-order valence-electron chi connectivity index (χ2n) is 7.38. The van der Waals surface area contributed by atoms with Gasteiger partial charge in [-0.05, 0) is 54.1 Å². The number of aromatic nitrogens is 1. The summed E-state index contributed by atoms with van der Waals surface area (Å²) in [6.45, 7) is 2.05. The summed E-state index contributed by atoms with van der Waals surface area (Å²) in [6.07, 6.45) is 0. The molecular formula is C26H17Cl2NO. The Balaban J connectivity index is 1.84. The van der Waals surface area contributed by atoms with Crippen LogP contribution in [-0.4, -0.2) is 10.5 Å². The normalized spacial score (nSPS) is 11.3. The lowest BCUT2D eigenvalue weighted by atomic mass is 10.0. The smallest absolute Gasteiger partial charge is 0.264 e. The maximum Gasteiger partial charge on any atom is 0.264 e. The molecule has 0 radical (unpaired) electrons. The molecule has 0 saturated carbocycles. The molecule has 0 aliphatic carbocycles. The number of carbonyl (C=O) groups is 1. The van der Waals surface area contributed by atoms with Crippen LogP contribution in [0.4, 0.5) is 0 Å². The molecule has 5 rings (SSSR count). The van der Waals surface area contributed by atoms with Gasteiger partial charge in [0.25, 0.3) is 5.91 Å². The molecule has 146 valence electrons. The predicted molar refractivity (Wildman–Crippen MR) is 126 cm³/mol. The Morgan fingerprint density at radius 1 is 0.800 bits per heavy atom. The molecule has 0 aliphatic heterocycles. The summed E-state index contributed by atoms with van der Waals surface area (Å²) in [4.78, 5) is 13.7. The second-order valence-corrected chi connectivity index (χ2v) is 8.23. The molecule has 0 bridgehead atoms. The first-order valence-corrected chi connectivity index (χ1v) is 10.4. The number of benzene rings is 4. The van der Waals surface area contributed by atoms with Crippen molar-refractivity contribution in [3.63, 3.8) is 0 Å². The molecule has 5 aromatic rings. The second kappa shape index (κ2) is 7.32. The Morgan fingerprint density at radius 3 is 2.43 bits per heavy atom. The number of hydrogen-bond acceptors (Lipinski definition) is 1. The predicted octanol–water partition coefficient (Wildman–Crippen LogP) is 7.77. The minimum Gasteiger partial charge on any atom is -0.276 e. The van der Waals surface area contributed by atoms with Crippen molar-refractivity contribution in [1.29, 1.82) is 0 Å². The van der Waals surface area contributed by atoms with Crippen LogP contribution in [-0.2, 0) is 0 Å². The van der Waals surface area contributed by atoms with Crippen molar-refractivity contribution in [3.8, 4) is 11.3 Å². The minimum absolute atomic E-state index is 0.182. The molecular weight excluding hydrogens is 413 g/mol. The van der Waals surface area contributed by atoms with Gasteiger partial charge in [-0.3, -0.25) is 9.36 Å². The van der Waals surface area contributed by atoms with Crippen LogP contribution in [0.3, 0.4) is 0 Å². The van der Waals surface area contributed by atoms with Gasteiger partial charge in [-0.1, -0.05) is 77.3 Å². The van der Waals surface area contributed by atoms with Gasteiger partial charge in [-0.15, -0.1) is 0 Å². The fraction of sp³-hybridized carbons (Fsp3) is 0.0385. The van der Waals surface area contributed by atoms with Crippen molar-refractivity contribution in [2.45, 2.75) is 6.92 Å². The Morgan fingerprint density at radius 2 is 1.60 bits per heavy atom. The van der Waals surface area contributed by atoms with E-state index < -0.39 is 0 Å². The summed E-state index contributed by atoms with van der Waals surface area (Å²) >= 11 is 12.4. The quantitative estimate of drug-likeness (QED) is 0.280. The molecule has 0 unspecified atom stereocenters. The highest BCUT2D eigenvalue weighted by atomic mass is 35.5. The highest BCUT2D eigenvalue weighted by Gasteiger charge is 2.21. The van der Waals surface area contributed by atoms with Gasteiger partial charge in [-0.2, -0.15) is 0 Å². The van der Waals surface area contributed by atoms with Crippen LogP contribution >= 0.6 is 23.2 Å². The van der Waals surface area contributed by atoms with E-state index in [0.29, 0.717) is 15.6 Å². The van der Waals surface area contributed by atoms with Crippen LogP contribution < -0.4 is 0 Å². The van der Waals surface area contributed by atoms with Gasteiger partial charge in [0.15, 0.2) is 0 Å². The molecule has 4 heteroatoms. The topological polar surface area (TPSA) is 22.0 Å². The number of carbonyl (C=O) groups excluding carboxylic acids is 1. The molecule has 4 aromatic carbocycles. The summed E-state index contributed by atoms with van der Waals surface area (Å²) in [7, 11) is 0. The maximum atomic E-state index is 13.7. The highest BCUT2D eigenvalue weighted by Crippen LogP contribution is 2.35. The van der Waals surface area contributed by atoms with E-state index in [9.17, 15) is 4.79 Å². The zero-order chi connectivity index (χ0) is 20.8. The summed E-state index contributed by atoms with van der Waals surface area (Å²) < 4.78 is 1.76. The van der Waals surface area contributed by atoms with Crippen molar-refractivity contribution in [2.24, 2.45) is 0 Å². The SMILES string of the molecule is Cc1ccc2c(c1)cc(-c1cccc3ccccc13)n2C(=O)c1ccc(Cl)cc1Cl. The van der Waals surface area contributed by atoms with Crippen molar-refractivity contribution in [3.05, 3.63) is 106 Å². The van der Waals surface area contributed by atoms with Gasteiger partial charge >= 0.3 is 0 Å². The third kappa shape index (κ3) is 3.09. The molecule has 1 heterocycles. The van der Waals surface area contributed by atoms with Gasteiger partial charge in [0.1, 0.15) is 0 Å². The van der Waals surface area contributed by atoms with E-state index in [4.69, 9.17) is 23.2 Å². The molecule has 0 fully saturated rings. The molecule has 0 spiro atoms. The van der Waals surface area contributed by atoms with Gasteiger partial charge in [0.05, 0.1) is 21.8 Å². The Hall–Kier alpha value is -3.07. The molecule has 2 nitrogen and oxygen atoms in total. The Labute approximate surface area is 184 Å². The molecule has 0 amide bonds. The highest BCUT2D eigenvalue weighted by molar-refractivity contribution is 6.37. The molecule has 0 N–H and O–H groups in total. The van der Waals surface area contributed by atoms with Crippen molar-refractivity contribution < 1.29 is 4.79 Å². The van der Waals surface area contributed by atoms with Gasteiger partial charge < -0.3 is 0 Å². The number of fused-ring (bicyclic) bond motifs is 2. The summed E-state index contributed by atoms with van der Waals surface area (Å²) in [6, 6.07) is 27.5. The largest absolute Gasteiger partial charge is 0.276 e. The average Bonchev–Trinajstić information content (AvgIpc) is 3.11. The van der Waals surface area contributed by atoms with Crippen LogP contribution in [0, 0.1) is 6.92 Å². The van der Waals surface area contributed by atoms with Crippen LogP contribution in [0.2, 0.25) is 10.0 Å².